The molecule has 0 heterocycles. The molecular weight excluding hydrogens is 440 g/mol. The molecule has 9 heteroatoms. The number of amides is 2. The smallest absolute Gasteiger partial charge is 0.387 e. The number of alkyl halides is 2. The van der Waals surface area contributed by atoms with Crippen molar-refractivity contribution in [3.05, 3.63) is 95.1 Å². The van der Waals surface area contributed by atoms with E-state index in [9.17, 15) is 27.2 Å². The average Bonchev–Trinajstić information content (AvgIpc) is 2.76. The number of halogens is 4. The minimum Gasteiger partial charge on any atom is -0.435 e. The molecule has 0 atom stereocenters. The molecule has 0 unspecified atom stereocenters. The molecule has 0 aromatic heterocycles. The molecule has 5 nitrogen and oxygen atoms in total. The molecule has 0 fully saturated rings. The SMILES string of the molecule is O=C(CCNC(=O)c1ccc(F)cc1F)Nc1ccc(OC(F)F)c(Cc2ccccc2)c1. The van der Waals surface area contributed by atoms with E-state index < -0.39 is 30.1 Å². The molecule has 0 saturated carbocycles. The highest BCUT2D eigenvalue weighted by Crippen LogP contribution is 2.27. The molecule has 3 aromatic carbocycles. The topological polar surface area (TPSA) is 67.4 Å². The van der Waals surface area contributed by atoms with Crippen LogP contribution in [0.2, 0.25) is 0 Å². The van der Waals surface area contributed by atoms with Crippen LogP contribution in [0.5, 0.6) is 5.75 Å². The lowest BCUT2D eigenvalue weighted by atomic mass is 10.0. The zero-order valence-electron chi connectivity index (χ0n) is 17.3. The van der Waals surface area contributed by atoms with E-state index in [1.165, 1.54) is 18.2 Å². The summed E-state index contributed by atoms with van der Waals surface area (Å²) in [6.07, 6.45) is 0.184. The Morgan fingerprint density at radius 1 is 0.939 bits per heavy atom. The fourth-order valence-electron chi connectivity index (χ4n) is 3.10. The Labute approximate surface area is 187 Å². The van der Waals surface area contributed by atoms with E-state index in [0.29, 0.717) is 23.7 Å². The molecule has 0 aliphatic heterocycles. The first-order valence-electron chi connectivity index (χ1n) is 9.96. The quantitative estimate of drug-likeness (QED) is 0.446. The van der Waals surface area contributed by atoms with Crippen LogP contribution in [0, 0.1) is 11.6 Å². The number of rotatable bonds is 9. The second-order valence-corrected chi connectivity index (χ2v) is 7.04. The van der Waals surface area contributed by atoms with Crippen LogP contribution in [0.25, 0.3) is 0 Å². The molecule has 0 aliphatic carbocycles. The van der Waals surface area contributed by atoms with Crippen molar-refractivity contribution in [2.24, 2.45) is 0 Å². The average molecular weight is 460 g/mol. The van der Waals surface area contributed by atoms with Gasteiger partial charge in [-0.05, 0) is 35.9 Å². The number of anilines is 1. The molecule has 2 N–H and O–H groups in total. The van der Waals surface area contributed by atoms with E-state index in [1.807, 2.05) is 30.3 Å². The van der Waals surface area contributed by atoms with Crippen LogP contribution in [0.1, 0.15) is 27.9 Å². The largest absolute Gasteiger partial charge is 0.435 e. The van der Waals surface area contributed by atoms with Crippen molar-refractivity contribution in [3.63, 3.8) is 0 Å². The summed E-state index contributed by atoms with van der Waals surface area (Å²) in [4.78, 5) is 24.2. The van der Waals surface area contributed by atoms with Crippen LogP contribution < -0.4 is 15.4 Å². The predicted octanol–water partition coefficient (Wildman–Crippen LogP) is 4.92. The van der Waals surface area contributed by atoms with Crippen molar-refractivity contribution in [2.75, 3.05) is 11.9 Å². The maximum atomic E-state index is 13.6. The Kier molecular flexibility index (Phi) is 8.01. The van der Waals surface area contributed by atoms with Gasteiger partial charge in [0.1, 0.15) is 17.4 Å². The van der Waals surface area contributed by atoms with E-state index in [0.717, 1.165) is 17.7 Å². The molecule has 0 aliphatic rings. The molecule has 0 spiro atoms. The third kappa shape index (κ3) is 7.06. The van der Waals surface area contributed by atoms with Crippen LogP contribution in [0.3, 0.4) is 0 Å². The van der Waals surface area contributed by atoms with Gasteiger partial charge in [-0.2, -0.15) is 8.78 Å². The number of carbonyl (C=O) groups is 2. The highest BCUT2D eigenvalue weighted by Gasteiger charge is 2.14. The van der Waals surface area contributed by atoms with Gasteiger partial charge in [-0.3, -0.25) is 9.59 Å². The summed E-state index contributed by atoms with van der Waals surface area (Å²) in [6, 6.07) is 16.0. The van der Waals surface area contributed by atoms with Crippen LogP contribution in [-0.2, 0) is 11.2 Å². The van der Waals surface area contributed by atoms with Crippen LogP contribution >= 0.6 is 0 Å². The summed E-state index contributed by atoms with van der Waals surface area (Å²) in [5.74, 6) is -3.04. The summed E-state index contributed by atoms with van der Waals surface area (Å²) in [6.45, 7) is -3.08. The van der Waals surface area contributed by atoms with Gasteiger partial charge in [-0.15, -0.1) is 0 Å². The van der Waals surface area contributed by atoms with Crippen molar-refractivity contribution in [3.8, 4) is 5.75 Å². The fourth-order valence-corrected chi connectivity index (χ4v) is 3.10. The van der Waals surface area contributed by atoms with E-state index in [2.05, 4.69) is 15.4 Å². The van der Waals surface area contributed by atoms with Gasteiger partial charge in [0.05, 0.1) is 5.56 Å². The molecular formula is C24H20F4N2O3. The van der Waals surface area contributed by atoms with E-state index in [1.54, 1.807) is 0 Å². The van der Waals surface area contributed by atoms with Crippen molar-refractivity contribution in [1.82, 2.24) is 5.32 Å². The summed E-state index contributed by atoms with van der Waals surface area (Å²) < 4.78 is 56.7. The Bertz CT molecular complexity index is 1120. The van der Waals surface area contributed by atoms with Crippen molar-refractivity contribution >= 4 is 17.5 Å². The van der Waals surface area contributed by atoms with Crippen molar-refractivity contribution < 1.29 is 31.9 Å². The maximum Gasteiger partial charge on any atom is 0.387 e. The van der Waals surface area contributed by atoms with Crippen LogP contribution in [0.4, 0.5) is 23.2 Å². The van der Waals surface area contributed by atoms with Crippen LogP contribution in [0.15, 0.2) is 66.7 Å². The lowest BCUT2D eigenvalue weighted by Crippen LogP contribution is -2.28. The molecule has 0 saturated heterocycles. The standard InChI is InChI=1S/C24H20F4N2O3/c25-17-6-8-19(20(26)14-17)23(32)29-11-10-22(31)30-18-7-9-21(33-24(27)28)16(13-18)12-15-4-2-1-3-5-15/h1-9,13-14,24H,10-12H2,(H,29,32)(H,30,31). The number of benzene rings is 3. The number of carbonyl (C=O) groups excluding carboxylic acids is 2. The van der Waals surface area contributed by atoms with Gasteiger partial charge >= 0.3 is 6.61 Å². The zero-order chi connectivity index (χ0) is 23.8. The van der Waals surface area contributed by atoms with Gasteiger partial charge in [0.25, 0.3) is 5.91 Å². The van der Waals surface area contributed by atoms with Crippen LogP contribution in [-0.4, -0.2) is 25.0 Å². The normalized spacial score (nSPS) is 10.7. The molecule has 0 radical (unpaired) electrons. The van der Waals surface area contributed by atoms with Crippen molar-refractivity contribution in [2.45, 2.75) is 19.5 Å². The Morgan fingerprint density at radius 2 is 1.70 bits per heavy atom. The number of nitrogens with one attached hydrogen (secondary N) is 2. The lowest BCUT2D eigenvalue weighted by molar-refractivity contribution is -0.116. The van der Waals surface area contributed by atoms with E-state index >= 15 is 0 Å². The van der Waals surface area contributed by atoms with Gasteiger partial charge in [0.15, 0.2) is 0 Å². The van der Waals surface area contributed by atoms with Gasteiger partial charge in [0, 0.05) is 36.7 Å². The zero-order valence-corrected chi connectivity index (χ0v) is 17.3. The summed E-state index contributed by atoms with van der Waals surface area (Å²) >= 11 is 0. The Hall–Kier alpha value is -3.88. The van der Waals surface area contributed by atoms with Gasteiger partial charge < -0.3 is 15.4 Å². The Morgan fingerprint density at radius 3 is 2.39 bits per heavy atom. The second-order valence-electron chi connectivity index (χ2n) is 7.04. The fraction of sp³-hybridized carbons (Fsp3) is 0.167. The minimum absolute atomic E-state index is 0.000407. The first kappa shape index (κ1) is 23.8. The number of hydrogen-bond donors (Lipinski definition) is 2. The highest BCUT2D eigenvalue weighted by atomic mass is 19.3. The third-order valence-corrected chi connectivity index (χ3v) is 4.61. The number of hydrogen-bond acceptors (Lipinski definition) is 3. The molecule has 33 heavy (non-hydrogen) atoms. The second kappa shape index (κ2) is 11.1. The van der Waals surface area contributed by atoms with E-state index in [4.69, 9.17) is 0 Å². The lowest BCUT2D eigenvalue weighted by Gasteiger charge is -2.14. The van der Waals surface area contributed by atoms with Gasteiger partial charge in [0.2, 0.25) is 5.91 Å². The molecule has 3 aromatic rings. The molecule has 3 rings (SSSR count). The molecule has 0 bridgehead atoms. The first-order valence-corrected chi connectivity index (χ1v) is 9.96. The summed E-state index contributed by atoms with van der Waals surface area (Å²) in [7, 11) is 0. The highest BCUT2D eigenvalue weighted by molar-refractivity contribution is 5.95. The molecule has 2 amide bonds. The van der Waals surface area contributed by atoms with E-state index in [-0.39, 0.29) is 24.3 Å². The van der Waals surface area contributed by atoms with Crippen molar-refractivity contribution in [1.29, 1.82) is 0 Å². The Balaban J connectivity index is 1.60. The summed E-state index contributed by atoms with van der Waals surface area (Å²) in [5.41, 5.74) is 1.36. The monoisotopic (exact) mass is 460 g/mol. The first-order chi connectivity index (χ1) is 15.8. The predicted molar refractivity (Wildman–Crippen MR) is 114 cm³/mol. The van der Waals surface area contributed by atoms with Gasteiger partial charge in [-0.1, -0.05) is 30.3 Å². The minimum atomic E-state index is -2.99. The number of ether oxygens (including phenoxy) is 1. The molecule has 172 valence electrons. The summed E-state index contributed by atoms with van der Waals surface area (Å²) in [5, 5.41) is 5.01. The van der Waals surface area contributed by atoms with Gasteiger partial charge in [-0.25, -0.2) is 8.78 Å². The maximum absolute atomic E-state index is 13.6. The third-order valence-electron chi connectivity index (χ3n) is 4.61.